The van der Waals surface area contributed by atoms with Crippen LogP contribution in [0.15, 0.2) is 18.2 Å². The van der Waals surface area contributed by atoms with Gasteiger partial charge in [0.15, 0.2) is 17.5 Å². The van der Waals surface area contributed by atoms with E-state index in [1.54, 1.807) is 0 Å². The molecule has 4 heterocycles. The van der Waals surface area contributed by atoms with Crippen molar-refractivity contribution < 1.29 is 14.6 Å². The number of aliphatic hydroxyl groups is 1. The lowest BCUT2D eigenvalue weighted by molar-refractivity contribution is -0.105. The molecule has 1 aromatic carbocycles. The van der Waals surface area contributed by atoms with Gasteiger partial charge in [-0.25, -0.2) is 9.97 Å². The third-order valence-electron chi connectivity index (χ3n) is 8.43. The minimum Gasteiger partial charge on any atom is -0.392 e. The van der Waals surface area contributed by atoms with Gasteiger partial charge in [-0.2, -0.15) is 0 Å². The van der Waals surface area contributed by atoms with Crippen molar-refractivity contribution in [3.05, 3.63) is 29.5 Å². The van der Waals surface area contributed by atoms with Gasteiger partial charge >= 0.3 is 0 Å². The number of amides is 1. The lowest BCUT2D eigenvalue weighted by atomic mass is 10.0. The number of hydrogen-bond acceptors (Lipinski definition) is 10. The number of piperazine rings is 1. The Balaban J connectivity index is 1.30. The van der Waals surface area contributed by atoms with Crippen LogP contribution < -0.4 is 20.9 Å². The van der Waals surface area contributed by atoms with E-state index in [0.29, 0.717) is 30.5 Å². The summed E-state index contributed by atoms with van der Waals surface area (Å²) in [5.74, 6) is 1.56. The smallest absolute Gasteiger partial charge is 0.212 e. The zero-order chi connectivity index (χ0) is 27.9. The number of likely N-dealkylation sites (N-methyl/N-ethyl adjacent to an activating group) is 1. The molecule has 0 spiro atoms. The number of ether oxygens (including phenoxy) is 1. The van der Waals surface area contributed by atoms with Crippen LogP contribution in [0.3, 0.4) is 0 Å². The number of nitrogens with zero attached hydrogens (tertiary/aromatic N) is 5. The highest BCUT2D eigenvalue weighted by Gasteiger charge is 2.27. The van der Waals surface area contributed by atoms with Gasteiger partial charge in [0.1, 0.15) is 0 Å². The zero-order valence-corrected chi connectivity index (χ0v) is 23.9. The number of rotatable bonds is 10. The standard InChI is InChI=1S/C29H44N8O3/c1-3-25-27(31-22-8-16-40-17-9-22)34-29(28(33-25)30-20-39)32-23-4-5-26(21(18-23)19-38)37-10-6-24(7-11-37)36-14-12-35(2)13-15-36/h4-5,18,20,22,24,38H,3,6-17,19H2,1-2H3,(H,30,33,39)(H2,31,32,34). The molecule has 3 aliphatic rings. The van der Waals surface area contributed by atoms with E-state index in [-0.39, 0.29) is 12.6 Å². The van der Waals surface area contributed by atoms with Crippen molar-refractivity contribution >= 4 is 35.2 Å². The number of aliphatic hydroxyl groups excluding tert-OH is 1. The average Bonchev–Trinajstić information content (AvgIpc) is 2.99. The number of aromatic nitrogens is 2. The van der Waals surface area contributed by atoms with Crippen LogP contribution in [0.4, 0.5) is 28.8 Å². The summed E-state index contributed by atoms with van der Waals surface area (Å²) in [6.07, 6.45) is 5.40. The Hall–Kier alpha value is -2.99. The molecule has 218 valence electrons. The highest BCUT2D eigenvalue weighted by atomic mass is 16.5. The Labute approximate surface area is 237 Å². The van der Waals surface area contributed by atoms with Gasteiger partial charge in [0, 0.05) is 81.5 Å². The number of hydrogen-bond donors (Lipinski definition) is 4. The van der Waals surface area contributed by atoms with E-state index in [0.717, 1.165) is 107 Å². The van der Waals surface area contributed by atoms with Crippen LogP contribution in [0.5, 0.6) is 0 Å². The number of piperidine rings is 1. The molecule has 0 aliphatic carbocycles. The van der Waals surface area contributed by atoms with E-state index >= 15 is 0 Å². The number of carbonyl (C=O) groups excluding carboxylic acids is 1. The lowest BCUT2D eigenvalue weighted by Crippen LogP contribution is -2.52. The predicted octanol–water partition coefficient (Wildman–Crippen LogP) is 2.65. The molecule has 1 amide bonds. The Morgan fingerprint density at radius 2 is 1.75 bits per heavy atom. The summed E-state index contributed by atoms with van der Waals surface area (Å²) in [6.45, 7) is 9.98. The topological polar surface area (TPSA) is 118 Å². The summed E-state index contributed by atoms with van der Waals surface area (Å²) in [7, 11) is 2.20. The summed E-state index contributed by atoms with van der Waals surface area (Å²) < 4.78 is 5.49. The molecule has 0 bridgehead atoms. The first-order chi connectivity index (χ1) is 19.6. The van der Waals surface area contributed by atoms with Crippen LogP contribution in [0.25, 0.3) is 0 Å². The van der Waals surface area contributed by atoms with Crippen molar-refractivity contribution in [1.82, 2.24) is 19.8 Å². The molecule has 5 rings (SSSR count). The summed E-state index contributed by atoms with van der Waals surface area (Å²) >= 11 is 0. The third-order valence-corrected chi connectivity index (χ3v) is 8.43. The van der Waals surface area contributed by atoms with Crippen LogP contribution in [-0.4, -0.2) is 103 Å². The Morgan fingerprint density at radius 1 is 1.00 bits per heavy atom. The number of anilines is 5. The fourth-order valence-electron chi connectivity index (χ4n) is 6.01. The fourth-order valence-corrected chi connectivity index (χ4v) is 6.01. The molecule has 0 radical (unpaired) electrons. The highest BCUT2D eigenvalue weighted by Crippen LogP contribution is 2.32. The van der Waals surface area contributed by atoms with Gasteiger partial charge in [-0.1, -0.05) is 6.92 Å². The summed E-state index contributed by atoms with van der Waals surface area (Å²) in [6, 6.07) is 6.96. The molecule has 3 saturated heterocycles. The second kappa shape index (κ2) is 13.6. The maximum atomic E-state index is 11.4. The first kappa shape index (κ1) is 28.5. The molecule has 11 heteroatoms. The zero-order valence-electron chi connectivity index (χ0n) is 23.9. The van der Waals surface area contributed by atoms with Crippen molar-refractivity contribution in [3.63, 3.8) is 0 Å². The van der Waals surface area contributed by atoms with Crippen molar-refractivity contribution in [2.45, 2.75) is 57.7 Å². The molecular weight excluding hydrogens is 508 g/mol. The molecule has 4 N–H and O–H groups in total. The normalized spacial score (nSPS) is 19.9. The van der Waals surface area contributed by atoms with Gasteiger partial charge in [-0.15, -0.1) is 0 Å². The predicted molar refractivity (Wildman–Crippen MR) is 159 cm³/mol. The molecule has 11 nitrogen and oxygen atoms in total. The van der Waals surface area contributed by atoms with Crippen LogP contribution in [0.2, 0.25) is 0 Å². The minimum atomic E-state index is -0.0559. The summed E-state index contributed by atoms with van der Waals surface area (Å²) in [5, 5.41) is 19.9. The van der Waals surface area contributed by atoms with Gasteiger partial charge in [0.25, 0.3) is 0 Å². The second-order valence-corrected chi connectivity index (χ2v) is 11.0. The van der Waals surface area contributed by atoms with E-state index < -0.39 is 0 Å². The maximum absolute atomic E-state index is 11.4. The van der Waals surface area contributed by atoms with Gasteiger partial charge in [-0.3, -0.25) is 9.69 Å². The quantitative estimate of drug-likeness (QED) is 0.328. The van der Waals surface area contributed by atoms with Gasteiger partial charge in [0.05, 0.1) is 12.3 Å². The molecule has 0 atom stereocenters. The molecule has 3 fully saturated rings. The van der Waals surface area contributed by atoms with Gasteiger partial charge < -0.3 is 35.6 Å². The summed E-state index contributed by atoms with van der Waals surface area (Å²) in [4.78, 5) is 28.4. The Bertz CT molecular complexity index is 1130. The van der Waals surface area contributed by atoms with Crippen molar-refractivity contribution in [3.8, 4) is 0 Å². The van der Waals surface area contributed by atoms with Crippen LogP contribution in [0.1, 0.15) is 43.9 Å². The molecule has 3 aliphatic heterocycles. The molecule has 1 aromatic heterocycles. The van der Waals surface area contributed by atoms with E-state index in [1.807, 2.05) is 19.1 Å². The van der Waals surface area contributed by atoms with E-state index in [1.165, 1.54) is 0 Å². The Morgan fingerprint density at radius 3 is 2.42 bits per heavy atom. The first-order valence-corrected chi connectivity index (χ1v) is 14.7. The lowest BCUT2D eigenvalue weighted by Gasteiger charge is -2.43. The van der Waals surface area contributed by atoms with Crippen LogP contribution >= 0.6 is 0 Å². The van der Waals surface area contributed by atoms with Crippen molar-refractivity contribution in [2.24, 2.45) is 0 Å². The highest BCUT2D eigenvalue weighted by molar-refractivity contribution is 5.80. The minimum absolute atomic E-state index is 0.0559. The molecule has 0 saturated carbocycles. The van der Waals surface area contributed by atoms with Gasteiger partial charge in [0.2, 0.25) is 6.41 Å². The third kappa shape index (κ3) is 6.83. The summed E-state index contributed by atoms with van der Waals surface area (Å²) in [5.41, 5.74) is 3.52. The first-order valence-electron chi connectivity index (χ1n) is 14.7. The molecule has 0 unspecified atom stereocenters. The van der Waals surface area contributed by atoms with Crippen LogP contribution in [0, 0.1) is 0 Å². The average molecular weight is 553 g/mol. The largest absolute Gasteiger partial charge is 0.392 e. The van der Waals surface area contributed by atoms with E-state index in [9.17, 15) is 9.90 Å². The number of carbonyl (C=O) groups is 1. The number of nitrogens with one attached hydrogen (secondary N) is 3. The van der Waals surface area contributed by atoms with Crippen molar-refractivity contribution in [1.29, 1.82) is 0 Å². The SMILES string of the molecule is CCc1nc(NC=O)c(Nc2ccc(N3CCC(N4CCN(C)CC4)CC3)c(CO)c2)nc1NC1CCOCC1. The van der Waals surface area contributed by atoms with E-state index in [2.05, 4.69) is 43.8 Å². The Kier molecular flexibility index (Phi) is 9.69. The fraction of sp³-hybridized carbons (Fsp3) is 0.621. The number of benzene rings is 1. The monoisotopic (exact) mass is 552 g/mol. The number of aryl methyl sites for hydroxylation is 1. The maximum Gasteiger partial charge on any atom is 0.212 e. The molecule has 40 heavy (non-hydrogen) atoms. The van der Waals surface area contributed by atoms with E-state index in [4.69, 9.17) is 14.7 Å². The molecule has 2 aromatic rings. The second-order valence-electron chi connectivity index (χ2n) is 11.0. The van der Waals surface area contributed by atoms with Crippen LogP contribution in [-0.2, 0) is 22.6 Å². The van der Waals surface area contributed by atoms with Crippen molar-refractivity contribution in [2.75, 3.05) is 80.4 Å². The molecular formula is C29H44N8O3. The van der Waals surface area contributed by atoms with Gasteiger partial charge in [-0.05, 0) is 57.4 Å².